The van der Waals surface area contributed by atoms with Gasteiger partial charge in [0.05, 0.1) is 0 Å². The molecule has 0 amide bonds. The topological polar surface area (TPSA) is 23.1 Å². The van der Waals surface area contributed by atoms with Crippen molar-refractivity contribution in [2.75, 3.05) is 6.26 Å². The summed E-state index contributed by atoms with van der Waals surface area (Å²) in [5.41, 5.74) is 1.10. The fraction of sp³-hybridized carbons (Fsp3) is 0.143. The molecule has 0 saturated heterocycles. The Bertz CT molecular complexity index is 225. The molecule has 1 unspecified atom stereocenters. The average Bonchev–Trinajstić information content (AvgIpc) is 1.88. The van der Waals surface area contributed by atoms with E-state index in [1.165, 1.54) is 0 Å². The lowest BCUT2D eigenvalue weighted by Crippen LogP contribution is -2.13. The minimum atomic E-state index is -0.841. The third-order valence-corrected chi connectivity index (χ3v) is 2.48. The highest BCUT2D eigenvalue weighted by atomic mass is 32.2. The molecule has 0 aliphatic heterocycles. The molecule has 0 aliphatic rings. The molecule has 0 bridgehead atoms. The van der Waals surface area contributed by atoms with Crippen molar-refractivity contribution in [3.05, 3.63) is 24.3 Å². The molecule has 1 nitrogen and oxygen atoms in total. The second-order valence-corrected chi connectivity index (χ2v) is 3.57. The van der Waals surface area contributed by atoms with Crippen LogP contribution in [0.2, 0.25) is 0 Å². The number of rotatable bonds is 1. The molecule has 1 aromatic carbocycles. The van der Waals surface area contributed by atoms with E-state index in [0.29, 0.717) is 0 Å². The summed E-state index contributed by atoms with van der Waals surface area (Å²) in [6.45, 7) is 0. The van der Waals surface area contributed by atoms with E-state index in [1.54, 1.807) is 6.26 Å². The van der Waals surface area contributed by atoms with Gasteiger partial charge in [-0.1, -0.05) is 18.2 Å². The van der Waals surface area contributed by atoms with Gasteiger partial charge in [0, 0.05) is 0 Å². The highest BCUT2D eigenvalue weighted by Crippen LogP contribution is 2.02. The maximum absolute atomic E-state index is 11.0. The molecule has 0 fully saturated rings. The van der Waals surface area contributed by atoms with Gasteiger partial charge in [-0.3, -0.25) is 0 Å². The molecule has 0 aliphatic carbocycles. The van der Waals surface area contributed by atoms with Gasteiger partial charge in [-0.15, -0.1) is 0 Å². The van der Waals surface area contributed by atoms with Crippen molar-refractivity contribution < 1.29 is 4.55 Å². The Morgan fingerprint density at radius 2 is 2.00 bits per heavy atom. The van der Waals surface area contributed by atoms with E-state index < -0.39 is 11.2 Å². The van der Waals surface area contributed by atoms with E-state index in [-0.39, 0.29) is 0 Å². The van der Waals surface area contributed by atoms with Crippen molar-refractivity contribution >= 4 is 24.5 Å². The van der Waals surface area contributed by atoms with Crippen LogP contribution in [0.25, 0.3) is 0 Å². The second-order valence-electron chi connectivity index (χ2n) is 2.22. The normalized spacial score (nSPS) is 13.0. The first-order valence-corrected chi connectivity index (χ1v) is 4.66. The second kappa shape index (κ2) is 3.13. The standard InChI is InChI=1S/C7H9BOS/c1-10(9)7-5-3-2-4-6(7)8/h2-5H,8H2,1H3. The maximum atomic E-state index is 11.0. The van der Waals surface area contributed by atoms with Crippen molar-refractivity contribution in [3.63, 3.8) is 0 Å². The molecular formula is C7H9BOS. The van der Waals surface area contributed by atoms with E-state index in [4.69, 9.17) is 0 Å². The van der Waals surface area contributed by atoms with Gasteiger partial charge in [0.25, 0.3) is 0 Å². The summed E-state index contributed by atoms with van der Waals surface area (Å²) >= 11 is -0.841. The van der Waals surface area contributed by atoms with Crippen molar-refractivity contribution in [2.24, 2.45) is 0 Å². The van der Waals surface area contributed by atoms with Gasteiger partial charge < -0.3 is 4.55 Å². The first-order valence-electron chi connectivity index (χ1n) is 3.11. The quantitative estimate of drug-likeness (QED) is 0.399. The van der Waals surface area contributed by atoms with Crippen LogP contribution in [0.1, 0.15) is 0 Å². The molecule has 0 aromatic heterocycles. The van der Waals surface area contributed by atoms with Crippen LogP contribution in [0.3, 0.4) is 0 Å². The third-order valence-electron chi connectivity index (χ3n) is 1.40. The van der Waals surface area contributed by atoms with Gasteiger partial charge in [0.2, 0.25) is 0 Å². The zero-order valence-electron chi connectivity index (χ0n) is 6.13. The minimum Gasteiger partial charge on any atom is -0.612 e. The summed E-state index contributed by atoms with van der Waals surface area (Å²) in [6, 6.07) is 7.72. The molecule has 3 heteroatoms. The lowest BCUT2D eigenvalue weighted by Gasteiger charge is -2.05. The number of hydrogen-bond acceptors (Lipinski definition) is 1. The van der Waals surface area contributed by atoms with E-state index in [9.17, 15) is 4.55 Å². The van der Waals surface area contributed by atoms with Crippen LogP contribution in [-0.2, 0) is 11.2 Å². The minimum absolute atomic E-state index is 0.841. The predicted molar refractivity (Wildman–Crippen MR) is 47.0 cm³/mol. The SMILES string of the molecule is Bc1ccccc1[S+](C)[O-]. The van der Waals surface area contributed by atoms with E-state index >= 15 is 0 Å². The zero-order valence-corrected chi connectivity index (χ0v) is 6.94. The molecule has 52 valence electrons. The summed E-state index contributed by atoms with van der Waals surface area (Å²) in [5.74, 6) is 0. The van der Waals surface area contributed by atoms with Crippen molar-refractivity contribution in [1.82, 2.24) is 0 Å². The Morgan fingerprint density at radius 3 is 2.40 bits per heavy atom. The summed E-state index contributed by atoms with van der Waals surface area (Å²) in [5, 5.41) is 0. The van der Waals surface area contributed by atoms with Gasteiger partial charge >= 0.3 is 0 Å². The molecule has 0 N–H and O–H groups in total. The highest BCUT2D eigenvalue weighted by Gasteiger charge is 2.04. The fourth-order valence-corrected chi connectivity index (χ4v) is 1.67. The number of benzene rings is 1. The third kappa shape index (κ3) is 1.55. The Labute approximate surface area is 65.0 Å². The van der Waals surface area contributed by atoms with Crippen LogP contribution >= 0.6 is 0 Å². The van der Waals surface area contributed by atoms with Gasteiger partial charge in [0.1, 0.15) is 19.0 Å². The largest absolute Gasteiger partial charge is 0.612 e. The summed E-state index contributed by atoms with van der Waals surface area (Å²) in [4.78, 5) is 0.933. The van der Waals surface area contributed by atoms with Gasteiger partial charge in [-0.25, -0.2) is 0 Å². The van der Waals surface area contributed by atoms with E-state index in [2.05, 4.69) is 0 Å². The molecule has 10 heavy (non-hydrogen) atoms. The first kappa shape index (κ1) is 7.70. The summed E-state index contributed by atoms with van der Waals surface area (Å²) in [6.07, 6.45) is 1.70. The van der Waals surface area contributed by atoms with Crippen LogP contribution in [0.4, 0.5) is 0 Å². The first-order chi connectivity index (χ1) is 4.72. The molecule has 0 heterocycles. The smallest absolute Gasteiger partial charge is 0.146 e. The lowest BCUT2D eigenvalue weighted by atomic mass is 9.97. The van der Waals surface area contributed by atoms with Crippen LogP contribution in [-0.4, -0.2) is 18.7 Å². The Balaban J connectivity index is 3.03. The molecule has 0 spiro atoms. The van der Waals surface area contributed by atoms with E-state index in [1.807, 2.05) is 32.1 Å². The van der Waals surface area contributed by atoms with Crippen LogP contribution in [0, 0.1) is 0 Å². The van der Waals surface area contributed by atoms with Crippen LogP contribution in [0.15, 0.2) is 29.2 Å². The summed E-state index contributed by atoms with van der Waals surface area (Å²) < 4.78 is 11.0. The van der Waals surface area contributed by atoms with Gasteiger partial charge in [-0.2, -0.15) is 0 Å². The number of hydrogen-bond donors (Lipinski definition) is 0. The lowest BCUT2D eigenvalue weighted by molar-refractivity contribution is 0.601. The molecular weight excluding hydrogens is 143 g/mol. The van der Waals surface area contributed by atoms with Gasteiger partial charge in [-0.05, 0) is 22.7 Å². The van der Waals surface area contributed by atoms with Gasteiger partial charge in [0.15, 0.2) is 0 Å². The van der Waals surface area contributed by atoms with Crippen molar-refractivity contribution in [3.8, 4) is 0 Å². The monoisotopic (exact) mass is 152 g/mol. The molecule has 1 rings (SSSR count). The molecule has 0 radical (unpaired) electrons. The average molecular weight is 152 g/mol. The highest BCUT2D eigenvalue weighted by molar-refractivity contribution is 7.91. The van der Waals surface area contributed by atoms with Crippen molar-refractivity contribution in [1.29, 1.82) is 0 Å². The Morgan fingerprint density at radius 1 is 1.40 bits per heavy atom. The molecule has 1 atom stereocenters. The Hall–Kier alpha value is -0.405. The van der Waals surface area contributed by atoms with E-state index in [0.717, 1.165) is 10.4 Å². The van der Waals surface area contributed by atoms with Crippen LogP contribution in [0.5, 0.6) is 0 Å². The molecule has 1 aromatic rings. The molecule has 0 saturated carbocycles. The maximum Gasteiger partial charge on any atom is 0.146 e. The fourth-order valence-electron chi connectivity index (χ4n) is 0.879. The summed E-state index contributed by atoms with van der Waals surface area (Å²) in [7, 11) is 1.97. The predicted octanol–water partition coefficient (Wildman–Crippen LogP) is -0.318. The Kier molecular flexibility index (Phi) is 2.41. The zero-order chi connectivity index (χ0) is 7.56. The van der Waals surface area contributed by atoms with Crippen LogP contribution < -0.4 is 5.46 Å². The van der Waals surface area contributed by atoms with Crippen molar-refractivity contribution in [2.45, 2.75) is 4.90 Å².